The molecule has 2 rings (SSSR count). The Labute approximate surface area is 221 Å². The Morgan fingerprint density at radius 3 is 1.82 bits per heavy atom. The number of aliphatic hydroxyl groups excluding tert-OH is 4. The molecule has 1 amide bonds. The molecule has 34 heavy (non-hydrogen) atoms. The van der Waals surface area contributed by atoms with Gasteiger partial charge in [-0.15, -0.1) is 0 Å². The van der Waals surface area contributed by atoms with Crippen LogP contribution < -0.4 is 40.0 Å². The van der Waals surface area contributed by atoms with E-state index >= 15 is 0 Å². The maximum atomic E-state index is 12.5. The van der Waals surface area contributed by atoms with Crippen LogP contribution in [0.3, 0.4) is 0 Å². The molecule has 0 spiro atoms. The van der Waals surface area contributed by atoms with Crippen LogP contribution in [-0.4, -0.2) is 106 Å². The van der Waals surface area contributed by atoms with Gasteiger partial charge in [0.15, 0.2) is 12.4 Å². The quantitative estimate of drug-likeness (QED) is 0.226. The smallest absolute Gasteiger partial charge is 0.547 e. The Bertz CT molecular complexity index is 710. The molecule has 0 radical (unpaired) electrons. The number of carbonyl (C=O) groups excluding carboxylic acids is 2. The summed E-state index contributed by atoms with van der Waals surface area (Å²) >= 11 is 0. The van der Waals surface area contributed by atoms with Crippen molar-refractivity contribution < 1.29 is 83.6 Å². The van der Waals surface area contributed by atoms with Crippen LogP contribution in [0.4, 0.5) is 0 Å². The van der Waals surface area contributed by atoms with Crippen LogP contribution in [0.15, 0.2) is 0 Å². The number of ether oxygens (including phenoxy) is 4. The molecular formula is C21H36NNaO11. The molecular weight excluding hydrogens is 465 g/mol. The van der Waals surface area contributed by atoms with Crippen molar-refractivity contribution in [2.75, 3.05) is 7.05 Å². The van der Waals surface area contributed by atoms with Crippen LogP contribution in [-0.2, 0) is 28.5 Å². The van der Waals surface area contributed by atoms with Crippen LogP contribution in [0, 0.1) is 5.41 Å². The first kappa shape index (κ1) is 31.6. The van der Waals surface area contributed by atoms with Gasteiger partial charge in [0, 0.05) is 7.05 Å². The third kappa shape index (κ3) is 7.10. The minimum atomic E-state index is -1.83. The minimum Gasteiger partial charge on any atom is -0.547 e. The van der Waals surface area contributed by atoms with E-state index in [4.69, 9.17) is 18.9 Å². The van der Waals surface area contributed by atoms with Gasteiger partial charge in [0.2, 0.25) is 0 Å². The fraction of sp³-hybridized carbons (Fsp3) is 0.905. The van der Waals surface area contributed by atoms with Gasteiger partial charge in [-0.2, -0.15) is 0 Å². The Hall–Kier alpha value is -0.380. The molecule has 0 aromatic rings. The Morgan fingerprint density at radius 1 is 0.853 bits per heavy atom. The van der Waals surface area contributed by atoms with Crippen molar-refractivity contribution in [2.45, 2.75) is 108 Å². The molecule has 0 bridgehead atoms. The standard InChI is InChI=1S/C21H37NO11.Na/c1-20(2,3)16-10(25)8(23)12(14(30-16)17(27)22-7)31-19-11(26)9(24)13(33-21(4,5)6)15(32-19)18(28)29;/h8-16,19,23-26H,1-7H3,(H,22,27)(H,28,29);/q;+1/p-1/t8?,9?,10-,11-,12-,13-,14?,15?,16+,19+;/m1./s1. The molecule has 2 saturated heterocycles. The monoisotopic (exact) mass is 501 g/mol. The van der Waals surface area contributed by atoms with Crippen molar-refractivity contribution in [3.8, 4) is 0 Å². The summed E-state index contributed by atoms with van der Waals surface area (Å²) in [6, 6.07) is 0. The molecule has 2 fully saturated rings. The fourth-order valence-electron chi connectivity index (χ4n) is 3.92. The summed E-state index contributed by atoms with van der Waals surface area (Å²) < 4.78 is 22.2. The summed E-state index contributed by atoms with van der Waals surface area (Å²) in [7, 11) is 1.34. The zero-order valence-electron chi connectivity index (χ0n) is 20.9. The first-order valence-electron chi connectivity index (χ1n) is 10.8. The number of carboxylic acid groups (broad SMARTS) is 1. The maximum Gasteiger partial charge on any atom is 1.00 e. The number of rotatable bonds is 5. The summed E-state index contributed by atoms with van der Waals surface area (Å²) in [5.74, 6) is -2.41. The largest absolute Gasteiger partial charge is 1.00 e. The van der Waals surface area contributed by atoms with Crippen molar-refractivity contribution in [1.29, 1.82) is 0 Å². The predicted octanol–water partition coefficient (Wildman–Crippen LogP) is -5.96. The van der Waals surface area contributed by atoms with Crippen molar-refractivity contribution in [2.24, 2.45) is 5.41 Å². The number of amides is 1. The van der Waals surface area contributed by atoms with Gasteiger partial charge in [-0.1, -0.05) is 20.8 Å². The Kier molecular flexibility index (Phi) is 11.0. The van der Waals surface area contributed by atoms with Gasteiger partial charge >= 0.3 is 29.6 Å². The number of hydrogen-bond acceptors (Lipinski definition) is 11. The normalized spacial score (nSPS) is 39.1. The van der Waals surface area contributed by atoms with Crippen LogP contribution in [0.5, 0.6) is 0 Å². The molecule has 0 aromatic heterocycles. The van der Waals surface area contributed by atoms with E-state index in [0.717, 1.165) is 0 Å². The van der Waals surface area contributed by atoms with E-state index in [1.165, 1.54) is 7.05 Å². The van der Waals surface area contributed by atoms with Crippen molar-refractivity contribution >= 4 is 11.9 Å². The number of likely N-dealkylation sites (N-methyl/N-ethyl adjacent to an activating group) is 1. The maximum absolute atomic E-state index is 12.5. The second-order valence-corrected chi connectivity index (χ2v) is 10.5. The third-order valence-electron chi connectivity index (χ3n) is 5.50. The molecule has 2 aliphatic rings. The Balaban J connectivity index is 0.00000578. The van der Waals surface area contributed by atoms with Gasteiger partial charge in [-0.3, -0.25) is 4.79 Å². The first-order valence-corrected chi connectivity index (χ1v) is 10.8. The molecule has 2 aliphatic heterocycles. The number of aliphatic carboxylic acids is 1. The van der Waals surface area contributed by atoms with Crippen LogP contribution in [0.25, 0.3) is 0 Å². The van der Waals surface area contributed by atoms with Gasteiger partial charge < -0.3 is 54.6 Å². The van der Waals surface area contributed by atoms with Gasteiger partial charge in [-0.05, 0) is 26.2 Å². The molecule has 0 saturated carbocycles. The second kappa shape index (κ2) is 11.8. The number of hydrogen-bond donors (Lipinski definition) is 5. The number of aliphatic hydroxyl groups is 4. The van der Waals surface area contributed by atoms with E-state index in [2.05, 4.69) is 5.32 Å². The summed E-state index contributed by atoms with van der Waals surface area (Å²) in [5.41, 5.74) is -1.55. The van der Waals surface area contributed by atoms with E-state index in [0.29, 0.717) is 0 Å². The van der Waals surface area contributed by atoms with E-state index in [1.54, 1.807) is 41.5 Å². The van der Waals surface area contributed by atoms with Gasteiger partial charge in [0.1, 0.15) is 42.7 Å². The second-order valence-electron chi connectivity index (χ2n) is 10.5. The first-order chi connectivity index (χ1) is 15.0. The van der Waals surface area contributed by atoms with E-state index in [1.807, 2.05) is 0 Å². The topological polar surface area (TPSA) is 187 Å². The van der Waals surface area contributed by atoms with Crippen molar-refractivity contribution in [1.82, 2.24) is 5.32 Å². The predicted molar refractivity (Wildman–Crippen MR) is 109 cm³/mol. The number of carboxylic acids is 1. The average Bonchev–Trinajstić information content (AvgIpc) is 2.68. The van der Waals surface area contributed by atoms with E-state index in [9.17, 15) is 35.1 Å². The summed E-state index contributed by atoms with van der Waals surface area (Å²) in [6.07, 6.45) is -15.8. The van der Waals surface area contributed by atoms with Gasteiger partial charge in [0.05, 0.1) is 17.7 Å². The number of carbonyl (C=O) groups is 2. The summed E-state index contributed by atoms with van der Waals surface area (Å²) in [5, 5.41) is 56.6. The molecule has 13 heteroatoms. The summed E-state index contributed by atoms with van der Waals surface area (Å²) in [6.45, 7) is 10.1. The van der Waals surface area contributed by atoms with Crippen molar-refractivity contribution in [3.63, 3.8) is 0 Å². The van der Waals surface area contributed by atoms with E-state index < -0.39 is 84.1 Å². The van der Waals surface area contributed by atoms with Gasteiger partial charge in [-0.25, -0.2) is 0 Å². The van der Waals surface area contributed by atoms with E-state index in [-0.39, 0.29) is 29.6 Å². The van der Waals surface area contributed by atoms with Crippen molar-refractivity contribution in [3.05, 3.63) is 0 Å². The fourth-order valence-corrected chi connectivity index (χ4v) is 3.92. The van der Waals surface area contributed by atoms with Crippen LogP contribution >= 0.6 is 0 Å². The average molecular weight is 502 g/mol. The van der Waals surface area contributed by atoms with Crippen LogP contribution in [0.1, 0.15) is 41.5 Å². The molecule has 0 aliphatic carbocycles. The molecule has 0 aromatic carbocycles. The molecule has 4 unspecified atom stereocenters. The molecule has 2 heterocycles. The third-order valence-corrected chi connectivity index (χ3v) is 5.50. The molecule has 192 valence electrons. The zero-order valence-corrected chi connectivity index (χ0v) is 22.9. The Morgan fingerprint density at radius 2 is 1.38 bits per heavy atom. The molecule has 10 atom stereocenters. The SMILES string of the molecule is CNC(=O)C1O[C@H](C(C)(C)C)[C@H](O)C(O)[C@H]1O[C@H]1OC(C(=O)[O-])[C@H](OC(C)(C)C)C(O)[C@H]1O.[Na+]. The minimum absolute atomic E-state index is 0. The summed E-state index contributed by atoms with van der Waals surface area (Å²) in [4.78, 5) is 24.2. The van der Waals surface area contributed by atoms with Crippen LogP contribution in [0.2, 0.25) is 0 Å². The molecule has 12 nitrogen and oxygen atoms in total. The number of nitrogens with one attached hydrogen (secondary N) is 1. The van der Waals surface area contributed by atoms with Gasteiger partial charge in [0.25, 0.3) is 5.91 Å². The zero-order chi connectivity index (χ0) is 25.5. The molecule has 5 N–H and O–H groups in total.